The molecule has 3 N–H and O–H groups in total. The highest BCUT2D eigenvalue weighted by Gasteiger charge is 2.23. The van der Waals surface area contributed by atoms with E-state index in [4.69, 9.17) is 19.9 Å². The molecule has 0 aliphatic carbocycles. The van der Waals surface area contributed by atoms with Gasteiger partial charge in [0.15, 0.2) is 17.6 Å². The Bertz CT molecular complexity index is 914. The maximum atomic E-state index is 12.5. The summed E-state index contributed by atoms with van der Waals surface area (Å²) in [6.07, 6.45) is -0.292. The van der Waals surface area contributed by atoms with Crippen LogP contribution in [0.4, 0.5) is 5.00 Å². The molecule has 0 saturated heterocycles. The fourth-order valence-electron chi connectivity index (χ4n) is 2.28. The number of ether oxygens (including phenoxy) is 3. The standard InChI is InChI=1S/C19H21BrN2O6S/c1-4-6-27-15-13(20)8-11(9-14(15)26-3)19(25)28-10(2)17(24)22-18-12(16(21)23)5-7-29-18/h5,7-10H,4,6H2,1-3H3,(H2,21,23)(H,22,24)/t10-/m1/s1. The largest absolute Gasteiger partial charge is 0.493 e. The summed E-state index contributed by atoms with van der Waals surface area (Å²) in [6.45, 7) is 3.89. The Morgan fingerprint density at radius 2 is 2.03 bits per heavy atom. The van der Waals surface area contributed by atoms with Gasteiger partial charge < -0.3 is 25.3 Å². The van der Waals surface area contributed by atoms with Gasteiger partial charge >= 0.3 is 5.97 Å². The Morgan fingerprint density at radius 1 is 1.31 bits per heavy atom. The first-order valence-electron chi connectivity index (χ1n) is 8.67. The van der Waals surface area contributed by atoms with E-state index in [9.17, 15) is 14.4 Å². The van der Waals surface area contributed by atoms with Crippen LogP contribution in [0.15, 0.2) is 28.1 Å². The molecular formula is C19H21BrN2O6S. The van der Waals surface area contributed by atoms with Crippen LogP contribution >= 0.6 is 27.3 Å². The monoisotopic (exact) mass is 484 g/mol. The number of methoxy groups -OCH3 is 1. The van der Waals surface area contributed by atoms with E-state index < -0.39 is 23.9 Å². The lowest BCUT2D eigenvalue weighted by atomic mass is 10.2. The Labute approximate surface area is 180 Å². The summed E-state index contributed by atoms with van der Waals surface area (Å²) in [5.74, 6) is -1.12. The second-order valence-electron chi connectivity index (χ2n) is 5.90. The van der Waals surface area contributed by atoms with Crippen LogP contribution in [0.5, 0.6) is 11.5 Å². The van der Waals surface area contributed by atoms with Crippen molar-refractivity contribution in [2.75, 3.05) is 19.0 Å². The van der Waals surface area contributed by atoms with Crippen LogP contribution in [0.1, 0.15) is 41.0 Å². The molecule has 29 heavy (non-hydrogen) atoms. The molecule has 1 atom stereocenters. The maximum Gasteiger partial charge on any atom is 0.339 e. The van der Waals surface area contributed by atoms with Crippen molar-refractivity contribution in [1.29, 1.82) is 0 Å². The molecule has 2 aromatic rings. The summed E-state index contributed by atoms with van der Waals surface area (Å²) < 4.78 is 16.7. The number of esters is 1. The van der Waals surface area contributed by atoms with E-state index in [1.807, 2.05) is 6.92 Å². The van der Waals surface area contributed by atoms with E-state index in [0.29, 0.717) is 27.6 Å². The molecule has 10 heteroatoms. The van der Waals surface area contributed by atoms with Crippen molar-refractivity contribution in [2.45, 2.75) is 26.4 Å². The number of carbonyl (C=O) groups is 3. The third-order valence-corrected chi connectivity index (χ3v) is 5.16. The molecule has 0 unspecified atom stereocenters. The molecule has 0 aliphatic heterocycles. The third kappa shape index (κ3) is 5.70. The topological polar surface area (TPSA) is 117 Å². The molecule has 8 nitrogen and oxygen atoms in total. The normalized spacial score (nSPS) is 11.4. The number of amides is 2. The summed E-state index contributed by atoms with van der Waals surface area (Å²) in [6, 6.07) is 4.52. The van der Waals surface area contributed by atoms with Crippen molar-refractivity contribution >= 4 is 50.1 Å². The van der Waals surface area contributed by atoms with Crippen LogP contribution in [0.25, 0.3) is 0 Å². The molecule has 0 aliphatic rings. The Kier molecular flexibility index (Phi) is 8.03. The van der Waals surface area contributed by atoms with Gasteiger partial charge in [-0.15, -0.1) is 11.3 Å². The van der Waals surface area contributed by atoms with Crippen LogP contribution in [-0.4, -0.2) is 37.6 Å². The van der Waals surface area contributed by atoms with Gasteiger partial charge in [-0.1, -0.05) is 6.92 Å². The van der Waals surface area contributed by atoms with E-state index in [1.165, 1.54) is 32.2 Å². The lowest BCUT2D eigenvalue weighted by Gasteiger charge is -2.16. The van der Waals surface area contributed by atoms with Crippen LogP contribution in [-0.2, 0) is 9.53 Å². The number of hydrogen-bond acceptors (Lipinski definition) is 7. The molecule has 156 valence electrons. The number of primary amides is 1. The smallest absolute Gasteiger partial charge is 0.339 e. The highest BCUT2D eigenvalue weighted by molar-refractivity contribution is 9.10. The predicted octanol–water partition coefficient (Wildman–Crippen LogP) is 3.59. The van der Waals surface area contributed by atoms with Crippen molar-refractivity contribution in [3.8, 4) is 11.5 Å². The van der Waals surface area contributed by atoms with Crippen molar-refractivity contribution in [1.82, 2.24) is 0 Å². The van der Waals surface area contributed by atoms with Gasteiger partial charge in [0.2, 0.25) is 0 Å². The zero-order valence-corrected chi connectivity index (χ0v) is 18.5. The number of nitrogens with two attached hydrogens (primary N) is 1. The van der Waals surface area contributed by atoms with E-state index in [-0.39, 0.29) is 11.1 Å². The van der Waals surface area contributed by atoms with E-state index in [2.05, 4.69) is 21.2 Å². The Balaban J connectivity index is 2.10. The summed E-state index contributed by atoms with van der Waals surface area (Å²) >= 11 is 4.50. The van der Waals surface area contributed by atoms with Crippen LogP contribution in [0, 0.1) is 0 Å². The summed E-state index contributed by atoms with van der Waals surface area (Å²) in [7, 11) is 1.46. The van der Waals surface area contributed by atoms with Gasteiger partial charge in [0.25, 0.3) is 11.8 Å². The molecule has 1 aromatic heterocycles. The van der Waals surface area contributed by atoms with E-state index in [0.717, 1.165) is 17.8 Å². The van der Waals surface area contributed by atoms with Crippen LogP contribution in [0.2, 0.25) is 0 Å². The first-order valence-corrected chi connectivity index (χ1v) is 10.3. The van der Waals surface area contributed by atoms with Crippen LogP contribution in [0.3, 0.4) is 0 Å². The molecule has 0 bridgehead atoms. The Morgan fingerprint density at radius 3 is 2.66 bits per heavy atom. The maximum absolute atomic E-state index is 12.5. The number of thiophene rings is 1. The predicted molar refractivity (Wildman–Crippen MR) is 113 cm³/mol. The first kappa shape index (κ1) is 22.7. The molecular weight excluding hydrogens is 464 g/mol. The lowest BCUT2D eigenvalue weighted by Crippen LogP contribution is -2.30. The highest BCUT2D eigenvalue weighted by atomic mass is 79.9. The van der Waals surface area contributed by atoms with Gasteiger partial charge in [-0.25, -0.2) is 4.79 Å². The fourth-order valence-corrected chi connectivity index (χ4v) is 3.63. The highest BCUT2D eigenvalue weighted by Crippen LogP contribution is 2.37. The zero-order chi connectivity index (χ0) is 21.6. The molecule has 0 fully saturated rings. The van der Waals surface area contributed by atoms with Gasteiger partial charge in [-0.05, 0) is 52.9 Å². The number of nitrogens with one attached hydrogen (secondary N) is 1. The van der Waals surface area contributed by atoms with Gasteiger partial charge in [0.1, 0.15) is 5.00 Å². The number of benzene rings is 1. The Hall–Kier alpha value is -2.59. The molecule has 0 spiro atoms. The van der Waals surface area contributed by atoms with Gasteiger partial charge in [-0.2, -0.15) is 0 Å². The summed E-state index contributed by atoms with van der Waals surface area (Å²) in [5, 5.41) is 4.46. The average molecular weight is 485 g/mol. The summed E-state index contributed by atoms with van der Waals surface area (Å²) in [5.41, 5.74) is 5.64. The fraction of sp³-hybridized carbons (Fsp3) is 0.316. The zero-order valence-electron chi connectivity index (χ0n) is 16.1. The van der Waals surface area contributed by atoms with Crippen molar-refractivity contribution < 1.29 is 28.6 Å². The van der Waals surface area contributed by atoms with Crippen LogP contribution < -0.4 is 20.5 Å². The van der Waals surface area contributed by atoms with Gasteiger partial charge in [-0.3, -0.25) is 9.59 Å². The van der Waals surface area contributed by atoms with Crippen molar-refractivity contribution in [3.05, 3.63) is 39.2 Å². The minimum atomic E-state index is -1.11. The third-order valence-electron chi connectivity index (χ3n) is 3.74. The van der Waals surface area contributed by atoms with E-state index >= 15 is 0 Å². The van der Waals surface area contributed by atoms with Crippen molar-refractivity contribution in [3.63, 3.8) is 0 Å². The van der Waals surface area contributed by atoms with Gasteiger partial charge in [0.05, 0.1) is 29.3 Å². The average Bonchev–Trinajstić information content (AvgIpc) is 3.14. The minimum Gasteiger partial charge on any atom is -0.493 e. The molecule has 2 amide bonds. The molecule has 1 aromatic carbocycles. The second kappa shape index (κ2) is 10.3. The number of rotatable bonds is 9. The first-order chi connectivity index (χ1) is 13.8. The number of carbonyl (C=O) groups excluding carboxylic acids is 3. The van der Waals surface area contributed by atoms with Crippen molar-refractivity contribution in [2.24, 2.45) is 5.73 Å². The number of anilines is 1. The van der Waals surface area contributed by atoms with E-state index in [1.54, 1.807) is 5.38 Å². The molecule has 0 radical (unpaired) electrons. The van der Waals surface area contributed by atoms with Gasteiger partial charge in [0, 0.05) is 0 Å². The quantitative estimate of drug-likeness (QED) is 0.525. The minimum absolute atomic E-state index is 0.186. The number of hydrogen-bond donors (Lipinski definition) is 2. The molecule has 0 saturated carbocycles. The SMILES string of the molecule is CCCOc1c(Br)cc(C(=O)O[C@H](C)C(=O)Nc2sccc2C(N)=O)cc1OC. The number of halogens is 1. The summed E-state index contributed by atoms with van der Waals surface area (Å²) in [4.78, 5) is 36.2. The molecule has 1 heterocycles. The second-order valence-corrected chi connectivity index (χ2v) is 7.67. The molecule has 2 rings (SSSR count). The lowest BCUT2D eigenvalue weighted by molar-refractivity contribution is -0.123.